The highest BCUT2D eigenvalue weighted by molar-refractivity contribution is 7.66. The molecule has 0 bridgehead atoms. The maximum Gasteiger partial charge on any atom is 0.490 e. The maximum atomic E-state index is 11.9. The van der Waals surface area contributed by atoms with Crippen LogP contribution in [0.3, 0.4) is 0 Å². The number of hydrogen-bond acceptors (Lipinski definition) is 11. The summed E-state index contributed by atoms with van der Waals surface area (Å²) >= 11 is 0. The molecule has 2 heterocycles. The van der Waals surface area contributed by atoms with Gasteiger partial charge >= 0.3 is 29.2 Å². The average Bonchev–Trinajstić information content (AvgIpc) is 2.92. The number of ether oxygens (including phenoxy) is 1. The van der Waals surface area contributed by atoms with Crippen LogP contribution >= 0.6 is 23.5 Å². The fourth-order valence-corrected chi connectivity index (χ4v) is 5.49. The molecule has 6 atom stereocenters. The van der Waals surface area contributed by atoms with E-state index in [9.17, 15) is 33.3 Å². The first kappa shape index (κ1) is 25.6. The molecule has 31 heavy (non-hydrogen) atoms. The van der Waals surface area contributed by atoms with Gasteiger partial charge < -0.3 is 29.4 Å². The molecule has 1 aromatic rings. The lowest BCUT2D eigenvalue weighted by Crippen LogP contribution is -2.35. The van der Waals surface area contributed by atoms with Gasteiger partial charge in [-0.05, 0) is 5.53 Å². The van der Waals surface area contributed by atoms with Crippen molar-refractivity contribution in [3.8, 4) is 0 Å². The highest BCUT2D eigenvalue weighted by atomic mass is 31.3. The molecule has 3 unspecified atom stereocenters. The van der Waals surface area contributed by atoms with Crippen molar-refractivity contribution in [2.75, 3.05) is 0 Å². The molecule has 0 aliphatic carbocycles. The molecule has 0 spiro atoms. The molecule has 2 rings (SSSR count). The van der Waals surface area contributed by atoms with Crippen molar-refractivity contribution in [2.24, 2.45) is 5.11 Å². The van der Waals surface area contributed by atoms with E-state index in [1.807, 2.05) is 4.98 Å². The van der Waals surface area contributed by atoms with Gasteiger partial charge in [-0.25, -0.2) is 18.5 Å². The lowest BCUT2D eigenvalue weighted by molar-refractivity contribution is -0.0781. The van der Waals surface area contributed by atoms with E-state index >= 15 is 0 Å². The van der Waals surface area contributed by atoms with Gasteiger partial charge in [-0.1, -0.05) is 5.11 Å². The fourth-order valence-electron chi connectivity index (χ4n) is 2.39. The summed E-state index contributed by atoms with van der Waals surface area (Å²) in [5.41, 5.74) is 6.97. The van der Waals surface area contributed by atoms with Crippen molar-refractivity contribution in [3.05, 3.63) is 43.5 Å². The number of aromatic amines is 1. The number of aromatic nitrogens is 2. The minimum absolute atomic E-state index is 0.353. The van der Waals surface area contributed by atoms with E-state index in [4.69, 9.17) is 24.9 Å². The molecule has 0 radical (unpaired) electrons. The molecule has 19 nitrogen and oxygen atoms in total. The van der Waals surface area contributed by atoms with E-state index in [0.717, 1.165) is 16.8 Å². The number of azide groups is 1. The van der Waals surface area contributed by atoms with Crippen LogP contribution in [0.4, 0.5) is 0 Å². The van der Waals surface area contributed by atoms with Gasteiger partial charge in [0.1, 0.15) is 12.3 Å². The maximum absolute atomic E-state index is 11.9. The lowest BCUT2D eigenvalue weighted by Gasteiger charge is -2.24. The van der Waals surface area contributed by atoms with Gasteiger partial charge in [0.15, 0.2) is 6.23 Å². The normalized spacial score (nSPS) is 26.4. The molecule has 22 heteroatoms. The molecule has 1 aromatic heterocycles. The van der Waals surface area contributed by atoms with Crippen LogP contribution in [0.5, 0.6) is 0 Å². The van der Waals surface area contributed by atoms with E-state index in [0.29, 0.717) is 0 Å². The van der Waals surface area contributed by atoms with Gasteiger partial charge in [0.05, 0.1) is 6.10 Å². The van der Waals surface area contributed by atoms with Crippen LogP contribution in [0, 0.1) is 0 Å². The van der Waals surface area contributed by atoms with Crippen LogP contribution < -0.4 is 11.2 Å². The zero-order valence-electron chi connectivity index (χ0n) is 14.7. The summed E-state index contributed by atoms with van der Waals surface area (Å²) < 4.78 is 51.5. The topological polar surface area (TPSA) is 293 Å². The molecular formula is C9H14N5O14P3. The Morgan fingerprint density at radius 2 is 1.87 bits per heavy atom. The second kappa shape index (κ2) is 9.44. The predicted octanol–water partition coefficient (Wildman–Crippen LogP) is -0.835. The second-order valence-electron chi connectivity index (χ2n) is 5.67. The number of phosphoric acid groups is 3. The lowest BCUT2D eigenvalue weighted by atomic mass is 10.1. The second-order valence-corrected chi connectivity index (χ2v) is 10.0. The van der Waals surface area contributed by atoms with Crippen LogP contribution in [0.15, 0.2) is 27.0 Å². The third-order valence-corrected chi connectivity index (χ3v) is 7.21. The molecule has 0 aromatic carbocycles. The van der Waals surface area contributed by atoms with E-state index in [1.54, 1.807) is 0 Å². The van der Waals surface area contributed by atoms with Crippen LogP contribution in [0.1, 0.15) is 12.6 Å². The third-order valence-electron chi connectivity index (χ3n) is 3.40. The molecule has 1 saturated heterocycles. The standard InChI is InChI=1S/C9H14N5O14P3/c10-13-12-8(26-30(21,22)28-31(23,24)27-29(18,19)20)7-4(15)3-6(25-7)14-2-1-5(16)11-9(14)17/h1-2,4,6-8,15H,3H2,(H,21,22)(H,23,24)(H,11,16,17)(H2,18,19,20)/t4-,6+,7-,8?/m0/s1. The Morgan fingerprint density at radius 1 is 1.23 bits per heavy atom. The SMILES string of the molecule is [N-]=[N+]=NC(OP(=O)(O)OP(=O)(O)OP(=O)(O)O)[C@H]1O[C@@H](n2ccc(=O)[nH]c2=O)C[C@@H]1O. The first-order valence-electron chi connectivity index (χ1n) is 7.64. The molecule has 0 amide bonds. The first-order valence-corrected chi connectivity index (χ1v) is 12.2. The predicted molar refractivity (Wildman–Crippen MR) is 93.7 cm³/mol. The number of H-pyrrole nitrogens is 1. The van der Waals surface area contributed by atoms with Gasteiger partial charge in [-0.15, -0.1) is 0 Å². The van der Waals surface area contributed by atoms with Crippen molar-refractivity contribution < 1.29 is 56.3 Å². The van der Waals surface area contributed by atoms with Gasteiger partial charge in [0, 0.05) is 23.6 Å². The van der Waals surface area contributed by atoms with Gasteiger partial charge in [-0.2, -0.15) is 8.62 Å². The van der Waals surface area contributed by atoms with Crippen molar-refractivity contribution in [1.29, 1.82) is 0 Å². The largest absolute Gasteiger partial charge is 0.490 e. The monoisotopic (exact) mass is 509 g/mol. The van der Waals surface area contributed by atoms with Crippen molar-refractivity contribution in [3.63, 3.8) is 0 Å². The minimum atomic E-state index is -5.85. The highest BCUT2D eigenvalue weighted by Crippen LogP contribution is 2.66. The Kier molecular flexibility index (Phi) is 7.79. The summed E-state index contributed by atoms with van der Waals surface area (Å²) in [5, 5.41) is 13.1. The summed E-state index contributed by atoms with van der Waals surface area (Å²) in [5.74, 6) is 0. The van der Waals surface area contributed by atoms with Gasteiger partial charge in [0.2, 0.25) is 0 Å². The van der Waals surface area contributed by atoms with E-state index in [1.165, 1.54) is 0 Å². The number of rotatable bonds is 9. The van der Waals surface area contributed by atoms with Crippen molar-refractivity contribution in [1.82, 2.24) is 9.55 Å². The van der Waals surface area contributed by atoms with Crippen LogP contribution in [-0.4, -0.2) is 52.7 Å². The molecule has 1 aliphatic heterocycles. The molecular weight excluding hydrogens is 495 g/mol. The molecule has 0 saturated carbocycles. The van der Waals surface area contributed by atoms with Crippen molar-refractivity contribution >= 4 is 23.5 Å². The molecule has 174 valence electrons. The number of hydrogen-bond donors (Lipinski definition) is 6. The molecule has 1 aliphatic rings. The number of phosphoric ester groups is 1. The fraction of sp³-hybridized carbons (Fsp3) is 0.556. The highest BCUT2D eigenvalue weighted by Gasteiger charge is 2.46. The Labute approximate surface area is 169 Å². The summed E-state index contributed by atoms with van der Waals surface area (Å²) in [6.07, 6.45) is -6.12. The van der Waals surface area contributed by atoms with Crippen LogP contribution in [-0.2, 0) is 31.6 Å². The quantitative estimate of drug-likeness (QED) is 0.102. The van der Waals surface area contributed by atoms with Gasteiger partial charge in [-0.3, -0.25) is 18.9 Å². The minimum Gasteiger partial charge on any atom is -0.390 e. The smallest absolute Gasteiger partial charge is 0.390 e. The summed E-state index contributed by atoms with van der Waals surface area (Å²) in [7, 11) is -17.2. The Bertz CT molecular complexity index is 1120. The van der Waals surface area contributed by atoms with E-state index in [2.05, 4.69) is 23.2 Å². The number of aliphatic hydroxyl groups is 1. The summed E-state index contributed by atoms with van der Waals surface area (Å²) in [6, 6.07) is 0.960. The Hall–Kier alpha value is -1.68. The zero-order valence-corrected chi connectivity index (χ0v) is 17.4. The first-order chi connectivity index (χ1) is 14.1. The van der Waals surface area contributed by atoms with E-state index < -0.39 is 59.4 Å². The number of nitrogens with one attached hydrogen (secondary N) is 1. The Morgan fingerprint density at radius 3 is 2.42 bits per heavy atom. The summed E-state index contributed by atoms with van der Waals surface area (Å²) in [6.45, 7) is 0. The third kappa shape index (κ3) is 7.45. The molecule has 1 fully saturated rings. The van der Waals surface area contributed by atoms with Crippen LogP contribution in [0.2, 0.25) is 0 Å². The summed E-state index contributed by atoms with van der Waals surface area (Å²) in [4.78, 5) is 62.9. The van der Waals surface area contributed by atoms with Gasteiger partial charge in [0.25, 0.3) is 5.56 Å². The van der Waals surface area contributed by atoms with Crippen LogP contribution in [0.25, 0.3) is 10.4 Å². The van der Waals surface area contributed by atoms with Crippen molar-refractivity contribution in [2.45, 2.75) is 31.1 Å². The molecule has 6 N–H and O–H groups in total. The number of nitrogens with zero attached hydrogens (tertiary/aromatic N) is 4. The van der Waals surface area contributed by atoms with E-state index in [-0.39, 0.29) is 6.42 Å². The Balaban J connectivity index is 2.21. The zero-order chi connectivity index (χ0) is 23.6. The average molecular weight is 509 g/mol. The number of aliphatic hydroxyl groups excluding tert-OH is 1.